The number of epoxide rings is 1. The molecule has 1 heteroatoms. The fourth-order valence-electron chi connectivity index (χ4n) is 1.18. The van der Waals surface area contributed by atoms with Crippen LogP contribution < -0.4 is 0 Å². The molecule has 0 aromatic heterocycles. The highest BCUT2D eigenvalue weighted by Crippen LogP contribution is 2.37. The quantitative estimate of drug-likeness (QED) is 0.536. The summed E-state index contributed by atoms with van der Waals surface area (Å²) in [5, 5.41) is 0. The van der Waals surface area contributed by atoms with Gasteiger partial charge >= 0.3 is 0 Å². The average molecular weight is 134 g/mol. The Labute approximate surface area is 60.6 Å². The molecule has 1 heterocycles. The summed E-state index contributed by atoms with van der Waals surface area (Å²) in [6.45, 7) is 2.09. The van der Waals surface area contributed by atoms with Crippen LogP contribution in [0.5, 0.6) is 0 Å². The Kier molecular flexibility index (Phi) is 1.24. The zero-order chi connectivity index (χ0) is 6.97. The summed E-state index contributed by atoms with van der Waals surface area (Å²) >= 11 is 0. The molecule has 0 spiro atoms. The molecule has 1 aromatic rings. The minimum atomic E-state index is 0.376. The predicted molar refractivity (Wildman–Crippen MR) is 39.7 cm³/mol. The van der Waals surface area contributed by atoms with Gasteiger partial charge in [0.05, 0.1) is 6.10 Å². The van der Waals surface area contributed by atoms with E-state index in [1.807, 2.05) is 18.2 Å². The molecule has 1 aliphatic rings. The van der Waals surface area contributed by atoms with Crippen LogP contribution in [0.1, 0.15) is 18.6 Å². The molecule has 1 fully saturated rings. The molecular weight excluding hydrogens is 124 g/mol. The van der Waals surface area contributed by atoms with E-state index in [1.54, 1.807) is 0 Å². The topological polar surface area (TPSA) is 12.5 Å². The molecule has 1 aromatic carbocycles. The van der Waals surface area contributed by atoms with Gasteiger partial charge in [0, 0.05) is 0 Å². The van der Waals surface area contributed by atoms with E-state index in [0.717, 1.165) is 0 Å². The van der Waals surface area contributed by atoms with E-state index in [2.05, 4.69) is 19.1 Å². The molecule has 0 amide bonds. The van der Waals surface area contributed by atoms with Gasteiger partial charge in [0.2, 0.25) is 0 Å². The zero-order valence-electron chi connectivity index (χ0n) is 5.95. The highest BCUT2D eigenvalue weighted by atomic mass is 16.6. The Balaban J connectivity index is 2.20. The van der Waals surface area contributed by atoms with Crippen molar-refractivity contribution in [2.45, 2.75) is 19.1 Å². The van der Waals surface area contributed by atoms with Gasteiger partial charge in [-0.3, -0.25) is 0 Å². The van der Waals surface area contributed by atoms with Crippen molar-refractivity contribution in [2.75, 3.05) is 0 Å². The van der Waals surface area contributed by atoms with Gasteiger partial charge in [-0.25, -0.2) is 0 Å². The molecule has 1 saturated heterocycles. The molecule has 0 radical (unpaired) electrons. The molecule has 2 atom stereocenters. The van der Waals surface area contributed by atoms with Gasteiger partial charge in [0.25, 0.3) is 0 Å². The predicted octanol–water partition coefficient (Wildman–Crippen LogP) is 2.15. The minimum absolute atomic E-state index is 0.376. The summed E-state index contributed by atoms with van der Waals surface area (Å²) in [4.78, 5) is 0. The third-order valence-corrected chi connectivity index (χ3v) is 1.84. The van der Waals surface area contributed by atoms with E-state index < -0.39 is 0 Å². The molecule has 0 bridgehead atoms. The first-order valence-electron chi connectivity index (χ1n) is 3.58. The van der Waals surface area contributed by atoms with Crippen molar-refractivity contribution < 1.29 is 4.74 Å². The number of ether oxygens (including phenoxy) is 1. The van der Waals surface area contributed by atoms with Gasteiger partial charge in [-0.15, -0.1) is 0 Å². The van der Waals surface area contributed by atoms with Crippen LogP contribution in [0.25, 0.3) is 0 Å². The molecule has 0 aliphatic carbocycles. The molecule has 1 aliphatic heterocycles. The molecule has 2 rings (SSSR count). The van der Waals surface area contributed by atoms with Crippen LogP contribution in [0, 0.1) is 0 Å². The Hall–Kier alpha value is -0.820. The van der Waals surface area contributed by atoms with Gasteiger partial charge in [0.15, 0.2) is 0 Å². The van der Waals surface area contributed by atoms with Gasteiger partial charge in [-0.1, -0.05) is 30.3 Å². The standard InChI is InChI=1S/C9H10O/c1-7-9(10-7)8-5-3-2-4-6-8/h2-7,9H,1H3/t7-,9-/m0/s1. The second kappa shape index (κ2) is 2.10. The maximum atomic E-state index is 5.30. The number of hydrogen-bond donors (Lipinski definition) is 0. The van der Waals surface area contributed by atoms with Crippen molar-refractivity contribution >= 4 is 0 Å². The fraction of sp³-hybridized carbons (Fsp3) is 0.333. The van der Waals surface area contributed by atoms with Crippen molar-refractivity contribution in [3.8, 4) is 0 Å². The Morgan fingerprint density at radius 1 is 1.20 bits per heavy atom. The Bertz CT molecular complexity index is 217. The highest BCUT2D eigenvalue weighted by Gasteiger charge is 2.35. The van der Waals surface area contributed by atoms with Crippen LogP contribution in [0.4, 0.5) is 0 Å². The lowest BCUT2D eigenvalue weighted by Gasteiger charge is -1.90. The SMILES string of the molecule is C[C@@H]1O[C@@H]1c1ccccc1. The molecule has 0 unspecified atom stereocenters. The van der Waals surface area contributed by atoms with E-state index in [1.165, 1.54) is 5.56 Å². The molecule has 0 N–H and O–H groups in total. The largest absolute Gasteiger partial charge is 0.365 e. The maximum absolute atomic E-state index is 5.30. The lowest BCUT2D eigenvalue weighted by molar-refractivity contribution is 0.383. The summed E-state index contributed by atoms with van der Waals surface area (Å²) in [6, 6.07) is 10.3. The van der Waals surface area contributed by atoms with Crippen LogP contribution in [0.2, 0.25) is 0 Å². The maximum Gasteiger partial charge on any atom is 0.109 e. The second-order valence-electron chi connectivity index (χ2n) is 2.67. The lowest BCUT2D eigenvalue weighted by atomic mass is 10.1. The zero-order valence-corrected chi connectivity index (χ0v) is 5.95. The van der Waals surface area contributed by atoms with E-state index >= 15 is 0 Å². The number of benzene rings is 1. The monoisotopic (exact) mass is 134 g/mol. The van der Waals surface area contributed by atoms with Gasteiger partial charge in [0.1, 0.15) is 6.10 Å². The van der Waals surface area contributed by atoms with E-state index in [0.29, 0.717) is 12.2 Å². The third-order valence-electron chi connectivity index (χ3n) is 1.84. The number of hydrogen-bond acceptors (Lipinski definition) is 1. The first-order chi connectivity index (χ1) is 4.88. The summed E-state index contributed by atoms with van der Waals surface area (Å²) in [5.74, 6) is 0. The van der Waals surface area contributed by atoms with Crippen LogP contribution in [0.3, 0.4) is 0 Å². The van der Waals surface area contributed by atoms with E-state index in [9.17, 15) is 0 Å². The van der Waals surface area contributed by atoms with Gasteiger partial charge in [-0.05, 0) is 12.5 Å². The average Bonchev–Trinajstić information content (AvgIpc) is 2.69. The van der Waals surface area contributed by atoms with Crippen molar-refractivity contribution in [3.05, 3.63) is 35.9 Å². The summed E-state index contributed by atoms with van der Waals surface area (Å²) < 4.78 is 5.30. The van der Waals surface area contributed by atoms with Crippen LogP contribution >= 0.6 is 0 Å². The van der Waals surface area contributed by atoms with Crippen molar-refractivity contribution in [2.24, 2.45) is 0 Å². The Morgan fingerprint density at radius 3 is 2.30 bits per heavy atom. The first kappa shape index (κ1) is 5.93. The molecule has 1 nitrogen and oxygen atoms in total. The molecule has 0 saturated carbocycles. The smallest absolute Gasteiger partial charge is 0.109 e. The van der Waals surface area contributed by atoms with Crippen molar-refractivity contribution in [1.82, 2.24) is 0 Å². The lowest BCUT2D eigenvalue weighted by Crippen LogP contribution is -1.80. The van der Waals surface area contributed by atoms with Crippen molar-refractivity contribution in [1.29, 1.82) is 0 Å². The summed E-state index contributed by atoms with van der Waals surface area (Å²) in [6.07, 6.45) is 0.809. The normalized spacial score (nSPS) is 30.1. The van der Waals surface area contributed by atoms with Crippen LogP contribution in [-0.4, -0.2) is 6.10 Å². The Morgan fingerprint density at radius 2 is 1.80 bits per heavy atom. The summed E-state index contributed by atoms with van der Waals surface area (Å²) in [5.41, 5.74) is 1.30. The third kappa shape index (κ3) is 0.929. The number of rotatable bonds is 1. The molecule has 10 heavy (non-hydrogen) atoms. The summed E-state index contributed by atoms with van der Waals surface area (Å²) in [7, 11) is 0. The van der Waals surface area contributed by atoms with E-state index in [4.69, 9.17) is 4.74 Å². The van der Waals surface area contributed by atoms with Crippen LogP contribution in [0.15, 0.2) is 30.3 Å². The molecular formula is C9H10O. The first-order valence-corrected chi connectivity index (χ1v) is 3.58. The fourth-order valence-corrected chi connectivity index (χ4v) is 1.18. The second-order valence-corrected chi connectivity index (χ2v) is 2.67. The van der Waals surface area contributed by atoms with Crippen LogP contribution in [-0.2, 0) is 4.74 Å². The van der Waals surface area contributed by atoms with E-state index in [-0.39, 0.29) is 0 Å². The minimum Gasteiger partial charge on any atom is -0.365 e. The van der Waals surface area contributed by atoms with Gasteiger partial charge < -0.3 is 4.74 Å². The van der Waals surface area contributed by atoms with Crippen molar-refractivity contribution in [3.63, 3.8) is 0 Å². The highest BCUT2D eigenvalue weighted by molar-refractivity contribution is 5.21. The molecule has 52 valence electrons. The van der Waals surface area contributed by atoms with Gasteiger partial charge in [-0.2, -0.15) is 0 Å².